The van der Waals surface area contributed by atoms with Crippen LogP contribution in [0.25, 0.3) is 0 Å². The van der Waals surface area contributed by atoms with Crippen molar-refractivity contribution < 1.29 is 17.9 Å². The molecular weight excluding hydrogens is 340 g/mol. The van der Waals surface area contributed by atoms with Gasteiger partial charge in [0.2, 0.25) is 10.0 Å². The number of aryl methyl sites for hydroxylation is 1. The van der Waals surface area contributed by atoms with Crippen molar-refractivity contribution in [1.29, 1.82) is 0 Å². The first-order chi connectivity index (χ1) is 11.7. The molecule has 2 atom stereocenters. The first kappa shape index (κ1) is 19.9. The number of hydrogen-bond acceptors (Lipinski definition) is 4. The molecule has 7 heteroatoms. The van der Waals surface area contributed by atoms with Crippen molar-refractivity contribution in [2.24, 2.45) is 0 Å². The maximum atomic E-state index is 12.9. The second kappa shape index (κ2) is 7.85. The Morgan fingerprint density at radius 2 is 1.76 bits per heavy atom. The van der Waals surface area contributed by atoms with Gasteiger partial charge in [0.15, 0.2) is 0 Å². The third-order valence-electron chi connectivity index (χ3n) is 4.47. The van der Waals surface area contributed by atoms with E-state index in [-0.39, 0.29) is 23.0 Å². The summed E-state index contributed by atoms with van der Waals surface area (Å²) in [7, 11) is -3.60. The van der Waals surface area contributed by atoms with Gasteiger partial charge >= 0.3 is 0 Å². The molecular formula is C18H28N2O4S. The Morgan fingerprint density at radius 1 is 1.20 bits per heavy atom. The van der Waals surface area contributed by atoms with Gasteiger partial charge in [-0.05, 0) is 38.5 Å². The topological polar surface area (TPSA) is 66.9 Å². The summed E-state index contributed by atoms with van der Waals surface area (Å²) in [6.07, 6.45) is -0.0611. The molecule has 0 spiro atoms. The number of sulfonamides is 1. The Hall–Kier alpha value is -1.44. The maximum absolute atomic E-state index is 12.9. The number of hydrogen-bond donors (Lipinski definition) is 0. The molecule has 2 rings (SSSR count). The minimum atomic E-state index is -3.60. The predicted molar refractivity (Wildman–Crippen MR) is 97.2 cm³/mol. The molecule has 0 N–H and O–H groups in total. The van der Waals surface area contributed by atoms with Gasteiger partial charge in [0.1, 0.15) is 0 Å². The fourth-order valence-electron chi connectivity index (χ4n) is 3.24. The largest absolute Gasteiger partial charge is 0.372 e. The van der Waals surface area contributed by atoms with Crippen molar-refractivity contribution in [2.45, 2.75) is 51.7 Å². The van der Waals surface area contributed by atoms with Crippen LogP contribution < -0.4 is 0 Å². The van der Waals surface area contributed by atoms with Crippen molar-refractivity contribution in [1.82, 2.24) is 9.21 Å². The molecule has 1 amide bonds. The zero-order chi connectivity index (χ0) is 18.8. The molecule has 0 bridgehead atoms. The van der Waals surface area contributed by atoms with Gasteiger partial charge in [0, 0.05) is 31.7 Å². The van der Waals surface area contributed by atoms with Crippen molar-refractivity contribution in [3.63, 3.8) is 0 Å². The number of amides is 1. The van der Waals surface area contributed by atoms with Gasteiger partial charge < -0.3 is 9.64 Å². The van der Waals surface area contributed by atoms with E-state index in [1.54, 1.807) is 24.0 Å². The van der Waals surface area contributed by atoms with Crippen LogP contribution in [0.1, 0.15) is 43.6 Å². The summed E-state index contributed by atoms with van der Waals surface area (Å²) in [4.78, 5) is 14.8. The lowest BCUT2D eigenvalue weighted by Gasteiger charge is -2.35. The first-order valence-electron chi connectivity index (χ1n) is 8.76. The van der Waals surface area contributed by atoms with Crippen LogP contribution in [0.2, 0.25) is 0 Å². The molecule has 0 aliphatic carbocycles. The zero-order valence-corrected chi connectivity index (χ0v) is 16.5. The molecule has 25 heavy (non-hydrogen) atoms. The fourth-order valence-corrected chi connectivity index (χ4v) is 4.95. The van der Waals surface area contributed by atoms with Crippen LogP contribution >= 0.6 is 0 Å². The van der Waals surface area contributed by atoms with E-state index >= 15 is 0 Å². The predicted octanol–water partition coefficient (Wildman–Crippen LogP) is 2.27. The number of nitrogens with zero attached hydrogens (tertiary/aromatic N) is 2. The highest BCUT2D eigenvalue weighted by Crippen LogP contribution is 2.23. The second-order valence-corrected chi connectivity index (χ2v) is 8.44. The average molecular weight is 368 g/mol. The molecule has 140 valence electrons. The van der Waals surface area contributed by atoms with Crippen molar-refractivity contribution in [2.75, 3.05) is 26.2 Å². The van der Waals surface area contributed by atoms with Gasteiger partial charge in [-0.25, -0.2) is 8.42 Å². The summed E-state index contributed by atoms with van der Waals surface area (Å²) in [5, 5.41) is 0. The smallest absolute Gasteiger partial charge is 0.254 e. The Kier molecular flexibility index (Phi) is 6.24. The van der Waals surface area contributed by atoms with Gasteiger partial charge in [-0.2, -0.15) is 4.31 Å². The van der Waals surface area contributed by atoms with Gasteiger partial charge in [-0.15, -0.1) is 0 Å². The molecule has 1 saturated heterocycles. The third kappa shape index (κ3) is 4.22. The molecule has 1 aromatic rings. The zero-order valence-electron chi connectivity index (χ0n) is 15.7. The Bertz CT molecular complexity index is 719. The molecule has 2 unspecified atom stereocenters. The van der Waals surface area contributed by atoms with E-state index in [0.29, 0.717) is 37.3 Å². The van der Waals surface area contributed by atoms with Crippen molar-refractivity contribution >= 4 is 15.9 Å². The molecule has 0 aromatic heterocycles. The Labute approximate surface area is 150 Å². The quantitative estimate of drug-likeness (QED) is 0.800. The fraction of sp³-hybridized carbons (Fsp3) is 0.611. The lowest BCUT2D eigenvalue weighted by Crippen LogP contribution is -2.48. The highest BCUT2D eigenvalue weighted by atomic mass is 32.2. The molecule has 1 aliphatic heterocycles. The molecule has 1 heterocycles. The Morgan fingerprint density at radius 3 is 2.28 bits per heavy atom. The average Bonchev–Trinajstić information content (AvgIpc) is 2.54. The van der Waals surface area contributed by atoms with Gasteiger partial charge in [-0.1, -0.05) is 19.9 Å². The van der Waals surface area contributed by atoms with E-state index in [1.165, 1.54) is 10.4 Å². The van der Waals surface area contributed by atoms with Gasteiger partial charge in [-0.3, -0.25) is 4.79 Å². The van der Waals surface area contributed by atoms with Gasteiger partial charge in [0.05, 0.1) is 17.1 Å². The van der Waals surface area contributed by atoms with Crippen LogP contribution in [-0.2, 0) is 14.8 Å². The van der Waals surface area contributed by atoms with Crippen LogP contribution in [0.4, 0.5) is 0 Å². The van der Waals surface area contributed by atoms with Crippen LogP contribution in [0.15, 0.2) is 23.1 Å². The molecule has 1 aromatic carbocycles. The minimum absolute atomic E-state index is 0.0305. The van der Waals surface area contributed by atoms with E-state index in [1.807, 2.05) is 27.7 Å². The third-order valence-corrected chi connectivity index (χ3v) is 6.66. The monoisotopic (exact) mass is 368 g/mol. The second-order valence-electron chi connectivity index (χ2n) is 6.54. The van der Waals surface area contributed by atoms with Crippen LogP contribution in [0, 0.1) is 6.92 Å². The summed E-state index contributed by atoms with van der Waals surface area (Å²) >= 11 is 0. The summed E-state index contributed by atoms with van der Waals surface area (Å²) in [6, 6.07) is 4.91. The lowest BCUT2D eigenvalue weighted by atomic mass is 10.1. The molecule has 0 saturated carbocycles. The van der Waals surface area contributed by atoms with Crippen LogP contribution in [0.5, 0.6) is 0 Å². The SMILES string of the molecule is CCN(CC)S(=O)(=O)c1cc(C(=O)N2CC(C)OC(C)C2)ccc1C. The number of carbonyl (C=O) groups excluding carboxylic acids is 1. The normalized spacial score (nSPS) is 21.6. The number of carbonyl (C=O) groups is 1. The number of ether oxygens (including phenoxy) is 1. The maximum Gasteiger partial charge on any atom is 0.254 e. The van der Waals surface area contributed by atoms with Crippen molar-refractivity contribution in [3.8, 4) is 0 Å². The van der Waals surface area contributed by atoms with Gasteiger partial charge in [0.25, 0.3) is 5.91 Å². The van der Waals surface area contributed by atoms with Crippen LogP contribution in [0.3, 0.4) is 0 Å². The van der Waals surface area contributed by atoms with E-state index in [0.717, 1.165) is 0 Å². The Balaban J connectivity index is 2.37. The van der Waals surface area contributed by atoms with Crippen LogP contribution in [-0.4, -0.2) is 61.9 Å². The number of morpholine rings is 1. The highest BCUT2D eigenvalue weighted by Gasteiger charge is 2.29. The standard InChI is InChI=1S/C18H28N2O4S/c1-6-20(7-2)25(22,23)17-10-16(9-8-13(17)3)18(21)19-11-14(4)24-15(5)12-19/h8-10,14-15H,6-7,11-12H2,1-5H3. The summed E-state index contributed by atoms with van der Waals surface area (Å²) < 4.78 is 32.8. The molecule has 6 nitrogen and oxygen atoms in total. The van der Waals surface area contributed by atoms with Crippen molar-refractivity contribution in [3.05, 3.63) is 29.3 Å². The molecule has 1 fully saturated rings. The summed E-state index contributed by atoms with van der Waals surface area (Å²) in [5.74, 6) is -0.155. The number of benzene rings is 1. The van der Waals surface area contributed by atoms with E-state index < -0.39 is 10.0 Å². The highest BCUT2D eigenvalue weighted by molar-refractivity contribution is 7.89. The molecule has 0 radical (unpaired) electrons. The first-order valence-corrected chi connectivity index (χ1v) is 10.2. The summed E-state index contributed by atoms with van der Waals surface area (Å²) in [5.41, 5.74) is 1.05. The minimum Gasteiger partial charge on any atom is -0.372 e. The van der Waals surface area contributed by atoms with E-state index in [4.69, 9.17) is 4.74 Å². The van der Waals surface area contributed by atoms with E-state index in [2.05, 4.69) is 0 Å². The summed E-state index contributed by atoms with van der Waals surface area (Å²) in [6.45, 7) is 11.0. The van der Waals surface area contributed by atoms with E-state index in [9.17, 15) is 13.2 Å². The number of rotatable bonds is 5. The lowest BCUT2D eigenvalue weighted by molar-refractivity contribution is -0.0586. The molecule has 1 aliphatic rings.